The third kappa shape index (κ3) is 3.26. The van der Waals surface area contributed by atoms with E-state index in [0.29, 0.717) is 25.3 Å². The van der Waals surface area contributed by atoms with Gasteiger partial charge in [0.2, 0.25) is 11.8 Å². The van der Waals surface area contributed by atoms with Crippen molar-refractivity contribution < 1.29 is 14.3 Å². The Kier molecular flexibility index (Phi) is 4.80. The minimum Gasteiger partial charge on any atom is -0.378 e. The van der Waals surface area contributed by atoms with E-state index in [0.717, 1.165) is 26.0 Å². The van der Waals surface area contributed by atoms with E-state index in [1.165, 1.54) is 0 Å². The maximum atomic E-state index is 12.4. The zero-order chi connectivity index (χ0) is 13.8. The van der Waals surface area contributed by atoms with Crippen molar-refractivity contribution in [1.82, 2.24) is 10.2 Å². The number of hydrogen-bond acceptors (Lipinski definition) is 3. The molecule has 2 saturated heterocycles. The number of rotatable bonds is 4. The monoisotopic (exact) mass is 268 g/mol. The molecule has 0 aromatic heterocycles. The second-order valence-corrected chi connectivity index (χ2v) is 5.43. The Bertz CT molecular complexity index is 346. The molecule has 1 N–H and O–H groups in total. The summed E-state index contributed by atoms with van der Waals surface area (Å²) in [5, 5.41) is 2.80. The summed E-state index contributed by atoms with van der Waals surface area (Å²) < 4.78 is 5.68. The van der Waals surface area contributed by atoms with Gasteiger partial charge in [0.05, 0.1) is 6.10 Å². The molecule has 3 atom stereocenters. The Morgan fingerprint density at radius 2 is 2.11 bits per heavy atom. The van der Waals surface area contributed by atoms with Gasteiger partial charge in [-0.25, -0.2) is 0 Å². The van der Waals surface area contributed by atoms with Gasteiger partial charge in [-0.05, 0) is 19.3 Å². The highest BCUT2D eigenvalue weighted by atomic mass is 16.5. The number of ether oxygens (including phenoxy) is 1. The molecule has 0 aromatic carbocycles. The number of nitrogens with one attached hydrogen (secondary N) is 1. The molecule has 2 aliphatic heterocycles. The minimum absolute atomic E-state index is 0.0163. The van der Waals surface area contributed by atoms with Crippen LogP contribution in [0.15, 0.2) is 0 Å². The number of amides is 2. The molecule has 19 heavy (non-hydrogen) atoms. The van der Waals surface area contributed by atoms with Gasteiger partial charge in [-0.2, -0.15) is 0 Å². The van der Waals surface area contributed by atoms with Gasteiger partial charge in [0, 0.05) is 32.0 Å². The van der Waals surface area contributed by atoms with Crippen molar-refractivity contribution in [2.75, 3.05) is 19.7 Å². The summed E-state index contributed by atoms with van der Waals surface area (Å²) >= 11 is 0. The lowest BCUT2D eigenvalue weighted by molar-refractivity contribution is -0.134. The van der Waals surface area contributed by atoms with E-state index in [9.17, 15) is 9.59 Å². The topological polar surface area (TPSA) is 58.6 Å². The molecule has 2 rings (SSSR count). The lowest BCUT2D eigenvalue weighted by Gasteiger charge is -2.28. The van der Waals surface area contributed by atoms with E-state index in [1.807, 2.05) is 11.8 Å². The molecule has 0 saturated carbocycles. The maximum Gasteiger partial charge on any atom is 0.245 e. The second-order valence-electron chi connectivity index (χ2n) is 5.43. The molecule has 0 aliphatic carbocycles. The molecule has 5 nitrogen and oxygen atoms in total. The van der Waals surface area contributed by atoms with Gasteiger partial charge in [-0.3, -0.25) is 9.59 Å². The van der Waals surface area contributed by atoms with Gasteiger partial charge in [-0.1, -0.05) is 13.8 Å². The Hall–Kier alpha value is -1.10. The highest BCUT2D eigenvalue weighted by molar-refractivity contribution is 5.89. The Labute approximate surface area is 114 Å². The van der Waals surface area contributed by atoms with Crippen molar-refractivity contribution in [2.24, 2.45) is 5.92 Å². The van der Waals surface area contributed by atoms with Crippen LogP contribution in [-0.2, 0) is 14.3 Å². The first-order valence-electron chi connectivity index (χ1n) is 7.35. The molecule has 2 heterocycles. The summed E-state index contributed by atoms with van der Waals surface area (Å²) in [6.07, 6.45) is 3.33. The third-order valence-corrected chi connectivity index (χ3v) is 4.17. The van der Waals surface area contributed by atoms with Crippen molar-refractivity contribution in [3.63, 3.8) is 0 Å². The van der Waals surface area contributed by atoms with Crippen molar-refractivity contribution in [3.05, 3.63) is 0 Å². The van der Waals surface area contributed by atoms with Crippen LogP contribution in [0.25, 0.3) is 0 Å². The second kappa shape index (κ2) is 6.37. The summed E-state index contributed by atoms with van der Waals surface area (Å²) in [6, 6.07) is -0.350. The van der Waals surface area contributed by atoms with E-state index in [4.69, 9.17) is 4.74 Å². The van der Waals surface area contributed by atoms with Crippen molar-refractivity contribution in [2.45, 2.75) is 51.7 Å². The number of nitrogens with zero attached hydrogens (tertiary/aromatic N) is 1. The Balaban J connectivity index is 2.01. The predicted molar refractivity (Wildman–Crippen MR) is 71.6 cm³/mol. The van der Waals surface area contributed by atoms with Crippen LogP contribution in [0.5, 0.6) is 0 Å². The summed E-state index contributed by atoms with van der Waals surface area (Å²) in [5.41, 5.74) is 0. The van der Waals surface area contributed by atoms with Gasteiger partial charge in [-0.15, -0.1) is 0 Å². The first-order chi connectivity index (χ1) is 9.15. The number of carbonyl (C=O) groups excluding carboxylic acids is 2. The fourth-order valence-corrected chi connectivity index (χ4v) is 2.99. The molecule has 3 unspecified atom stereocenters. The van der Waals surface area contributed by atoms with Gasteiger partial charge < -0.3 is 15.0 Å². The van der Waals surface area contributed by atoms with Gasteiger partial charge in [0.25, 0.3) is 0 Å². The lowest BCUT2D eigenvalue weighted by atomic mass is 9.98. The molecule has 5 heteroatoms. The van der Waals surface area contributed by atoms with E-state index >= 15 is 0 Å². The SMILES string of the molecule is CCC1NC(=O)CCN(CC2CCOC2CC)C1=O. The highest BCUT2D eigenvalue weighted by Crippen LogP contribution is 2.25. The van der Waals surface area contributed by atoms with Crippen LogP contribution >= 0.6 is 0 Å². The van der Waals surface area contributed by atoms with Crippen LogP contribution in [0, 0.1) is 5.92 Å². The van der Waals surface area contributed by atoms with Crippen LogP contribution in [0.4, 0.5) is 0 Å². The summed E-state index contributed by atoms with van der Waals surface area (Å²) in [6.45, 7) is 6.10. The quantitative estimate of drug-likeness (QED) is 0.825. The largest absolute Gasteiger partial charge is 0.378 e. The molecule has 2 fully saturated rings. The fourth-order valence-electron chi connectivity index (χ4n) is 2.99. The first kappa shape index (κ1) is 14.3. The van der Waals surface area contributed by atoms with E-state index in [1.54, 1.807) is 0 Å². The molecular weight excluding hydrogens is 244 g/mol. The average Bonchev–Trinajstić information content (AvgIpc) is 2.81. The molecule has 0 bridgehead atoms. The minimum atomic E-state index is -0.350. The van der Waals surface area contributed by atoms with Crippen molar-refractivity contribution in [3.8, 4) is 0 Å². The standard InChI is InChI=1S/C14H24N2O3/c1-3-11-14(18)16(7-5-13(17)15-11)9-10-6-8-19-12(10)4-2/h10-12H,3-9H2,1-2H3,(H,15,17). The van der Waals surface area contributed by atoms with Crippen molar-refractivity contribution in [1.29, 1.82) is 0 Å². The van der Waals surface area contributed by atoms with Crippen molar-refractivity contribution >= 4 is 11.8 Å². The zero-order valence-electron chi connectivity index (χ0n) is 11.9. The number of hydrogen-bond donors (Lipinski definition) is 1. The van der Waals surface area contributed by atoms with Gasteiger partial charge in [0.1, 0.15) is 6.04 Å². The van der Waals surface area contributed by atoms with Gasteiger partial charge >= 0.3 is 0 Å². The Morgan fingerprint density at radius 3 is 2.79 bits per heavy atom. The van der Waals surface area contributed by atoms with Crippen LogP contribution in [0.1, 0.15) is 39.5 Å². The van der Waals surface area contributed by atoms with Crippen LogP contribution in [0.2, 0.25) is 0 Å². The number of carbonyl (C=O) groups is 2. The van der Waals surface area contributed by atoms with E-state index in [2.05, 4.69) is 12.2 Å². The predicted octanol–water partition coefficient (Wildman–Crippen LogP) is 0.929. The average molecular weight is 268 g/mol. The smallest absolute Gasteiger partial charge is 0.245 e. The molecule has 0 aromatic rings. The molecule has 2 amide bonds. The molecule has 2 aliphatic rings. The maximum absolute atomic E-state index is 12.4. The zero-order valence-corrected chi connectivity index (χ0v) is 11.9. The molecular formula is C14H24N2O3. The Morgan fingerprint density at radius 1 is 1.32 bits per heavy atom. The third-order valence-electron chi connectivity index (χ3n) is 4.17. The highest BCUT2D eigenvalue weighted by Gasteiger charge is 2.33. The van der Waals surface area contributed by atoms with E-state index in [-0.39, 0.29) is 24.0 Å². The fraction of sp³-hybridized carbons (Fsp3) is 0.857. The van der Waals surface area contributed by atoms with Crippen LogP contribution in [-0.4, -0.2) is 48.6 Å². The molecule has 0 spiro atoms. The summed E-state index contributed by atoms with van der Waals surface area (Å²) in [7, 11) is 0. The van der Waals surface area contributed by atoms with Crippen LogP contribution in [0.3, 0.4) is 0 Å². The first-order valence-corrected chi connectivity index (χ1v) is 7.35. The van der Waals surface area contributed by atoms with E-state index < -0.39 is 0 Å². The molecule has 0 radical (unpaired) electrons. The summed E-state index contributed by atoms with van der Waals surface area (Å²) in [4.78, 5) is 25.8. The van der Waals surface area contributed by atoms with Crippen LogP contribution < -0.4 is 5.32 Å². The summed E-state index contributed by atoms with van der Waals surface area (Å²) in [5.74, 6) is 0.465. The normalized spacial score (nSPS) is 32.3. The molecule has 108 valence electrons. The van der Waals surface area contributed by atoms with Gasteiger partial charge in [0.15, 0.2) is 0 Å². The lowest BCUT2D eigenvalue weighted by Crippen LogP contribution is -2.46.